The van der Waals surface area contributed by atoms with Crippen molar-refractivity contribution in [2.24, 2.45) is 23.5 Å². The average molecular weight is 938 g/mol. The fraction of sp³-hybridized carbons (Fsp3) is 0.667. The van der Waals surface area contributed by atoms with E-state index < -0.39 is 147 Å². The number of carbonyl (C=O) groups is 2. The molecule has 3 aliphatic heterocycles. The van der Waals surface area contributed by atoms with Crippen LogP contribution in [0.2, 0.25) is 0 Å². The molecule has 374 valence electrons. The minimum Gasteiger partial charge on any atom is -0.469 e. The Bertz CT molecular complexity index is 1680. The average Bonchev–Trinajstić information content (AvgIpc) is 3.24. The summed E-state index contributed by atoms with van der Waals surface area (Å²) >= 11 is 0. The molecule has 0 spiro atoms. The second-order valence-electron chi connectivity index (χ2n) is 17.8. The number of hydrogen-bond donors (Lipinski definition) is 11. The molecule has 2 saturated heterocycles. The van der Waals surface area contributed by atoms with E-state index in [1.54, 1.807) is 75.5 Å². The predicted octanol–water partition coefficient (Wildman–Crippen LogP) is 0.800. The summed E-state index contributed by atoms with van der Waals surface area (Å²) in [6.45, 7) is 6.78. The summed E-state index contributed by atoms with van der Waals surface area (Å²) in [5.74, 6) is -5.93. The summed E-state index contributed by atoms with van der Waals surface area (Å²) in [7, 11) is 1.12. The third-order valence-corrected chi connectivity index (χ3v) is 12.2. The van der Waals surface area contributed by atoms with Crippen LogP contribution in [0.15, 0.2) is 85.1 Å². The molecule has 19 atom stereocenters. The summed E-state index contributed by atoms with van der Waals surface area (Å²) in [5, 5.41) is 109. The van der Waals surface area contributed by atoms with Crippen LogP contribution in [0.5, 0.6) is 0 Å². The van der Waals surface area contributed by atoms with Crippen LogP contribution in [0.3, 0.4) is 0 Å². The highest BCUT2D eigenvalue weighted by Crippen LogP contribution is 2.38. The van der Waals surface area contributed by atoms with Gasteiger partial charge in [0.15, 0.2) is 12.1 Å². The summed E-state index contributed by atoms with van der Waals surface area (Å²) in [4.78, 5) is 25.7. The number of allylic oxidation sites excluding steroid dienone is 12. The van der Waals surface area contributed by atoms with E-state index in [0.29, 0.717) is 0 Å². The van der Waals surface area contributed by atoms with E-state index in [1.807, 2.05) is 37.3 Å². The number of hydrogen-bond acceptors (Lipinski definition) is 18. The molecule has 18 heteroatoms. The van der Waals surface area contributed by atoms with Crippen molar-refractivity contribution in [3.63, 3.8) is 0 Å². The van der Waals surface area contributed by atoms with Gasteiger partial charge in [-0.05, 0) is 33.1 Å². The number of carbonyl (C=O) groups excluding carboxylic acids is 2. The van der Waals surface area contributed by atoms with Crippen LogP contribution in [0.25, 0.3) is 0 Å². The molecule has 0 radical (unpaired) electrons. The second-order valence-corrected chi connectivity index (χ2v) is 17.8. The highest BCUT2D eigenvalue weighted by atomic mass is 16.7. The standard InChI is InChI=1S/C48H75NO17/c1-28-18-16-14-12-10-8-6-7-9-11-13-15-17-19-35(65-47-45(59)42(49)44(58)31(4)64-47)25-39-41(46(60)62-5)38(55)27-48(61,66-39)26-34(52)23-37(54)36(53)21-20-32(50)22-33(51)24-40(56)63-30(3)29(2)43(28)57/h6-19,28-39,41-45,47,50-55,57-59,61H,20-27,49H2,1-5H3/b7-6+,10-8+,11-9+,14-12+,15-13+,18-16-,19-17+/t28-,29-,30-,31?,32+,33+,34-,35-,36+,37+,38-,39-,41+,42?,43+,44?,45?,47?,48+/m0/s1. The Labute approximate surface area is 387 Å². The molecule has 0 aromatic rings. The smallest absolute Gasteiger partial charge is 0.313 e. The van der Waals surface area contributed by atoms with E-state index in [9.17, 15) is 60.7 Å². The first-order valence-corrected chi connectivity index (χ1v) is 22.7. The molecule has 5 unspecified atom stereocenters. The highest BCUT2D eigenvalue weighted by molar-refractivity contribution is 5.74. The molecule has 0 aromatic heterocycles. The Morgan fingerprint density at radius 2 is 1.24 bits per heavy atom. The van der Waals surface area contributed by atoms with Crippen molar-refractivity contribution in [1.29, 1.82) is 0 Å². The molecule has 3 rings (SSSR count). The number of rotatable bonds is 3. The van der Waals surface area contributed by atoms with Gasteiger partial charge in [0.1, 0.15) is 18.1 Å². The molecule has 2 fully saturated rings. The largest absolute Gasteiger partial charge is 0.469 e. The van der Waals surface area contributed by atoms with Gasteiger partial charge in [0.25, 0.3) is 0 Å². The molecule has 18 nitrogen and oxygen atoms in total. The number of fused-ring (bicyclic) bond motifs is 2. The number of methoxy groups -OCH3 is 1. The Morgan fingerprint density at radius 1 is 0.667 bits per heavy atom. The lowest BCUT2D eigenvalue weighted by Crippen LogP contribution is -2.61. The molecule has 0 saturated carbocycles. The van der Waals surface area contributed by atoms with Crippen molar-refractivity contribution < 1.29 is 84.3 Å². The maximum atomic E-state index is 13.1. The fourth-order valence-electron chi connectivity index (χ4n) is 8.09. The summed E-state index contributed by atoms with van der Waals surface area (Å²) < 4.78 is 28.4. The Kier molecular flexibility index (Phi) is 24.3. The van der Waals surface area contributed by atoms with Crippen LogP contribution >= 0.6 is 0 Å². The molecular weight excluding hydrogens is 863 g/mol. The number of cyclic esters (lactones) is 1. The number of nitrogens with two attached hydrogens (primary N) is 1. The maximum absolute atomic E-state index is 13.1. The van der Waals surface area contributed by atoms with Crippen LogP contribution in [-0.2, 0) is 33.3 Å². The van der Waals surface area contributed by atoms with Crippen LogP contribution in [-0.4, -0.2) is 168 Å². The molecule has 0 aliphatic carbocycles. The molecule has 66 heavy (non-hydrogen) atoms. The van der Waals surface area contributed by atoms with Gasteiger partial charge >= 0.3 is 11.9 Å². The van der Waals surface area contributed by atoms with E-state index in [2.05, 4.69) is 0 Å². The molecular formula is C48H75NO17. The molecule has 0 amide bonds. The lowest BCUT2D eigenvalue weighted by atomic mass is 9.82. The molecule has 0 aromatic carbocycles. The minimum atomic E-state index is -2.27. The number of ether oxygens (including phenoxy) is 5. The second kappa shape index (κ2) is 28.1. The normalized spacial score (nSPS) is 44.9. The molecule has 12 N–H and O–H groups in total. The number of aliphatic hydroxyl groups excluding tert-OH is 9. The lowest BCUT2D eigenvalue weighted by Gasteiger charge is -2.45. The molecule has 3 heterocycles. The van der Waals surface area contributed by atoms with E-state index in [1.165, 1.54) is 0 Å². The van der Waals surface area contributed by atoms with E-state index in [0.717, 1.165) is 7.11 Å². The lowest BCUT2D eigenvalue weighted by molar-refractivity contribution is -0.308. The monoisotopic (exact) mass is 938 g/mol. The van der Waals surface area contributed by atoms with Gasteiger partial charge in [-0.15, -0.1) is 0 Å². The van der Waals surface area contributed by atoms with Gasteiger partial charge in [-0.1, -0.05) is 98.9 Å². The summed E-state index contributed by atoms with van der Waals surface area (Å²) in [6.07, 6.45) is 4.50. The van der Waals surface area contributed by atoms with Gasteiger partial charge < -0.3 is 80.5 Å². The fourth-order valence-corrected chi connectivity index (χ4v) is 8.09. The van der Waals surface area contributed by atoms with Gasteiger partial charge in [-0.25, -0.2) is 0 Å². The van der Waals surface area contributed by atoms with Gasteiger partial charge in [0.2, 0.25) is 0 Å². The Balaban J connectivity index is 1.88. The van der Waals surface area contributed by atoms with Crippen LogP contribution in [0.4, 0.5) is 0 Å². The third kappa shape index (κ3) is 18.6. The van der Waals surface area contributed by atoms with Crippen molar-refractivity contribution in [2.45, 2.75) is 177 Å². The van der Waals surface area contributed by atoms with Crippen molar-refractivity contribution in [2.75, 3.05) is 7.11 Å². The van der Waals surface area contributed by atoms with Crippen LogP contribution in [0, 0.1) is 17.8 Å². The summed E-state index contributed by atoms with van der Waals surface area (Å²) in [5.41, 5.74) is 6.05. The topological polar surface area (TPSA) is 309 Å². The number of esters is 2. The maximum Gasteiger partial charge on any atom is 0.313 e. The third-order valence-electron chi connectivity index (χ3n) is 12.2. The van der Waals surface area contributed by atoms with Gasteiger partial charge in [-0.2, -0.15) is 0 Å². The van der Waals surface area contributed by atoms with Gasteiger partial charge in [-0.3, -0.25) is 9.59 Å². The first-order chi connectivity index (χ1) is 31.2. The SMILES string of the molecule is COC(=O)[C@H]1[C@@H]2C[C@@H](OC3OC(C)C(O)C(N)C3O)/C=C/C=C/C=C/C=C/C=C/C=C/C=C\[C@H](C)[C@@H](O)[C@@H](C)[C@H](C)OC(=O)C[C@H](O)C[C@H](O)CC[C@@H](O)[C@H](O)C[C@H](O)C[C@](O)(C[C@@H]1O)O2. The predicted molar refractivity (Wildman–Crippen MR) is 241 cm³/mol. The zero-order valence-electron chi connectivity index (χ0n) is 38.5. The minimum absolute atomic E-state index is 0.0949. The number of aliphatic hydroxyl groups is 10. The quantitative estimate of drug-likeness (QED) is 0.174. The highest BCUT2D eigenvalue weighted by Gasteiger charge is 2.51. The first kappa shape index (κ1) is 56.9. The van der Waals surface area contributed by atoms with Crippen molar-refractivity contribution in [3.05, 3.63) is 85.1 Å². The zero-order valence-corrected chi connectivity index (χ0v) is 38.5. The van der Waals surface area contributed by atoms with Crippen molar-refractivity contribution in [3.8, 4) is 0 Å². The van der Waals surface area contributed by atoms with E-state index >= 15 is 0 Å². The van der Waals surface area contributed by atoms with Crippen molar-refractivity contribution in [1.82, 2.24) is 0 Å². The molecule has 3 aliphatic rings. The van der Waals surface area contributed by atoms with Gasteiger partial charge in [0.05, 0.1) is 86.7 Å². The first-order valence-electron chi connectivity index (χ1n) is 22.7. The van der Waals surface area contributed by atoms with Crippen LogP contribution < -0.4 is 5.73 Å². The summed E-state index contributed by atoms with van der Waals surface area (Å²) in [6, 6.07) is -1.13. The van der Waals surface area contributed by atoms with E-state index in [-0.39, 0.29) is 31.6 Å². The van der Waals surface area contributed by atoms with E-state index in [4.69, 9.17) is 29.4 Å². The zero-order chi connectivity index (χ0) is 49.1. The van der Waals surface area contributed by atoms with Gasteiger partial charge in [0, 0.05) is 37.5 Å². The van der Waals surface area contributed by atoms with Crippen molar-refractivity contribution >= 4 is 11.9 Å². The van der Waals surface area contributed by atoms with Crippen LogP contribution in [0.1, 0.15) is 79.1 Å². The molecule has 2 bridgehead atoms. The Hall–Kier alpha value is -3.44. The Morgan fingerprint density at radius 3 is 1.83 bits per heavy atom.